The van der Waals surface area contributed by atoms with Crippen LogP contribution in [0.15, 0.2) is 22.7 Å². The molecule has 0 N–H and O–H groups in total. The van der Waals surface area contributed by atoms with Crippen molar-refractivity contribution < 1.29 is 0 Å². The van der Waals surface area contributed by atoms with Crippen LogP contribution in [0.5, 0.6) is 0 Å². The van der Waals surface area contributed by atoms with Gasteiger partial charge in [-0.25, -0.2) is 9.97 Å². The Hall–Kier alpha value is -0.960. The highest BCUT2D eigenvalue weighted by Crippen LogP contribution is 2.29. The molecule has 0 atom stereocenters. The van der Waals surface area contributed by atoms with Gasteiger partial charge < -0.3 is 0 Å². The zero-order chi connectivity index (χ0) is 11.9. The molecule has 0 spiro atoms. The number of halogens is 1. The average Bonchev–Trinajstić information content (AvgIpc) is 2.16. The number of benzene rings is 1. The van der Waals surface area contributed by atoms with Crippen LogP contribution in [-0.2, 0) is 5.41 Å². The van der Waals surface area contributed by atoms with E-state index >= 15 is 0 Å². The molecule has 1 aromatic heterocycles. The Labute approximate surface area is 104 Å². The summed E-state index contributed by atoms with van der Waals surface area (Å²) in [6, 6.07) is 6.14. The Morgan fingerprint density at radius 3 is 2.44 bits per heavy atom. The minimum absolute atomic E-state index is 0.0345. The Morgan fingerprint density at radius 1 is 1.12 bits per heavy atom. The van der Waals surface area contributed by atoms with Gasteiger partial charge in [0.15, 0.2) is 0 Å². The van der Waals surface area contributed by atoms with E-state index in [4.69, 9.17) is 0 Å². The van der Waals surface area contributed by atoms with Gasteiger partial charge in [0.2, 0.25) is 0 Å². The summed E-state index contributed by atoms with van der Waals surface area (Å²) in [5, 5.41) is 1.13. The van der Waals surface area contributed by atoms with E-state index in [-0.39, 0.29) is 5.41 Å². The van der Waals surface area contributed by atoms with E-state index in [1.807, 2.05) is 19.1 Å². The summed E-state index contributed by atoms with van der Waals surface area (Å²) in [5.41, 5.74) is 2.16. The summed E-state index contributed by atoms with van der Waals surface area (Å²) in [7, 11) is 0. The standard InChI is InChI=1S/C13H15BrN2/c1-8-15-11-6-5-9(14)7-10(11)12(16-8)13(2,3)4/h5-7H,1-4H3. The molecule has 0 saturated carbocycles. The van der Waals surface area contributed by atoms with Crippen LogP contribution in [0.2, 0.25) is 0 Å². The number of rotatable bonds is 0. The van der Waals surface area contributed by atoms with Gasteiger partial charge in [0.05, 0.1) is 11.2 Å². The summed E-state index contributed by atoms with van der Waals surface area (Å²) < 4.78 is 1.07. The summed E-state index contributed by atoms with van der Waals surface area (Å²) in [6.45, 7) is 8.47. The lowest BCUT2D eigenvalue weighted by Gasteiger charge is -2.20. The molecule has 0 amide bonds. The molecule has 16 heavy (non-hydrogen) atoms. The maximum absolute atomic E-state index is 4.58. The van der Waals surface area contributed by atoms with Crippen LogP contribution in [0.1, 0.15) is 32.3 Å². The Balaban J connectivity index is 2.85. The van der Waals surface area contributed by atoms with Crippen LogP contribution in [0.25, 0.3) is 10.9 Å². The van der Waals surface area contributed by atoms with Crippen molar-refractivity contribution in [2.45, 2.75) is 33.1 Å². The highest BCUT2D eigenvalue weighted by Gasteiger charge is 2.19. The van der Waals surface area contributed by atoms with Gasteiger partial charge in [-0.2, -0.15) is 0 Å². The highest BCUT2D eigenvalue weighted by atomic mass is 79.9. The van der Waals surface area contributed by atoms with Gasteiger partial charge in [0.25, 0.3) is 0 Å². The molecule has 0 aliphatic carbocycles. The molecule has 0 saturated heterocycles. The smallest absolute Gasteiger partial charge is 0.126 e. The van der Waals surface area contributed by atoms with E-state index < -0.39 is 0 Å². The fourth-order valence-corrected chi connectivity index (χ4v) is 2.15. The number of nitrogens with zero attached hydrogens (tertiary/aromatic N) is 2. The monoisotopic (exact) mass is 278 g/mol. The molecule has 0 aliphatic heterocycles. The van der Waals surface area contributed by atoms with Crippen molar-refractivity contribution in [3.8, 4) is 0 Å². The lowest BCUT2D eigenvalue weighted by molar-refractivity contribution is 0.571. The number of aromatic nitrogens is 2. The van der Waals surface area contributed by atoms with Gasteiger partial charge in [-0.1, -0.05) is 36.7 Å². The van der Waals surface area contributed by atoms with Crippen LogP contribution >= 0.6 is 15.9 Å². The zero-order valence-electron chi connectivity index (χ0n) is 10.0. The van der Waals surface area contributed by atoms with Crippen molar-refractivity contribution in [3.63, 3.8) is 0 Å². The van der Waals surface area contributed by atoms with Crippen molar-refractivity contribution in [3.05, 3.63) is 34.2 Å². The zero-order valence-corrected chi connectivity index (χ0v) is 11.6. The van der Waals surface area contributed by atoms with Crippen molar-refractivity contribution in [1.82, 2.24) is 9.97 Å². The van der Waals surface area contributed by atoms with E-state index in [0.717, 1.165) is 26.9 Å². The second-order valence-corrected chi connectivity index (χ2v) is 5.95. The lowest BCUT2D eigenvalue weighted by atomic mass is 9.89. The number of aryl methyl sites for hydroxylation is 1. The van der Waals surface area contributed by atoms with Crippen molar-refractivity contribution in [2.24, 2.45) is 0 Å². The van der Waals surface area contributed by atoms with Crippen LogP contribution < -0.4 is 0 Å². The first-order valence-corrected chi connectivity index (χ1v) is 6.11. The molecule has 0 aliphatic rings. The maximum atomic E-state index is 4.58. The second kappa shape index (κ2) is 3.81. The fourth-order valence-electron chi connectivity index (χ4n) is 1.79. The van der Waals surface area contributed by atoms with E-state index in [1.165, 1.54) is 0 Å². The molecule has 1 heterocycles. The quantitative estimate of drug-likeness (QED) is 0.728. The second-order valence-electron chi connectivity index (χ2n) is 5.03. The van der Waals surface area contributed by atoms with Crippen LogP contribution in [0, 0.1) is 6.92 Å². The highest BCUT2D eigenvalue weighted by molar-refractivity contribution is 9.10. The average molecular weight is 279 g/mol. The maximum Gasteiger partial charge on any atom is 0.126 e. The lowest BCUT2D eigenvalue weighted by Crippen LogP contribution is -2.15. The third-order valence-electron chi connectivity index (χ3n) is 2.48. The van der Waals surface area contributed by atoms with Gasteiger partial charge in [0, 0.05) is 15.3 Å². The van der Waals surface area contributed by atoms with Crippen molar-refractivity contribution >= 4 is 26.8 Å². The number of fused-ring (bicyclic) bond motifs is 1. The van der Waals surface area contributed by atoms with Crippen LogP contribution in [0.4, 0.5) is 0 Å². The first-order valence-electron chi connectivity index (χ1n) is 5.32. The predicted octanol–water partition coefficient (Wildman–Crippen LogP) is 4.00. The Morgan fingerprint density at radius 2 is 1.81 bits per heavy atom. The normalized spacial score (nSPS) is 12.1. The van der Waals surface area contributed by atoms with Crippen molar-refractivity contribution in [2.75, 3.05) is 0 Å². The molecular weight excluding hydrogens is 264 g/mol. The first kappa shape index (κ1) is 11.5. The molecule has 2 nitrogen and oxygen atoms in total. The predicted molar refractivity (Wildman–Crippen MR) is 70.7 cm³/mol. The molecule has 0 fully saturated rings. The minimum atomic E-state index is 0.0345. The minimum Gasteiger partial charge on any atom is -0.237 e. The molecule has 2 aromatic rings. The third-order valence-corrected chi connectivity index (χ3v) is 2.97. The Kier molecular flexibility index (Phi) is 2.74. The SMILES string of the molecule is Cc1nc(C(C)(C)C)c2cc(Br)ccc2n1. The molecule has 1 aromatic carbocycles. The third kappa shape index (κ3) is 2.09. The van der Waals surface area contributed by atoms with E-state index in [1.54, 1.807) is 0 Å². The van der Waals surface area contributed by atoms with Gasteiger partial charge in [0.1, 0.15) is 5.82 Å². The largest absolute Gasteiger partial charge is 0.237 e. The van der Waals surface area contributed by atoms with Gasteiger partial charge >= 0.3 is 0 Å². The fraction of sp³-hybridized carbons (Fsp3) is 0.385. The van der Waals surface area contributed by atoms with Gasteiger partial charge in [-0.3, -0.25) is 0 Å². The van der Waals surface area contributed by atoms with Gasteiger partial charge in [-0.05, 0) is 25.1 Å². The molecule has 3 heteroatoms. The number of hydrogen-bond donors (Lipinski definition) is 0. The van der Waals surface area contributed by atoms with Crippen molar-refractivity contribution in [1.29, 1.82) is 0 Å². The van der Waals surface area contributed by atoms with E-state index in [9.17, 15) is 0 Å². The summed E-state index contributed by atoms with van der Waals surface area (Å²) >= 11 is 3.50. The summed E-state index contributed by atoms with van der Waals surface area (Å²) in [5.74, 6) is 0.833. The van der Waals surface area contributed by atoms with E-state index in [2.05, 4.69) is 52.7 Å². The molecule has 2 rings (SSSR count). The van der Waals surface area contributed by atoms with Crippen LogP contribution in [-0.4, -0.2) is 9.97 Å². The summed E-state index contributed by atoms with van der Waals surface area (Å²) in [4.78, 5) is 9.04. The molecule has 0 unspecified atom stereocenters. The van der Waals surface area contributed by atoms with E-state index in [0.29, 0.717) is 0 Å². The van der Waals surface area contributed by atoms with Gasteiger partial charge in [-0.15, -0.1) is 0 Å². The number of hydrogen-bond acceptors (Lipinski definition) is 2. The molecular formula is C13H15BrN2. The first-order chi connectivity index (χ1) is 7.38. The molecule has 84 valence electrons. The molecule has 0 radical (unpaired) electrons. The Bertz CT molecular complexity index is 541. The van der Waals surface area contributed by atoms with Crippen LogP contribution in [0.3, 0.4) is 0 Å². The molecule has 0 bridgehead atoms. The topological polar surface area (TPSA) is 25.8 Å². The summed E-state index contributed by atoms with van der Waals surface area (Å²) in [6.07, 6.45) is 0.